The lowest BCUT2D eigenvalue weighted by Gasteiger charge is -2.18. The molecule has 2 N–H and O–H groups in total. The first-order chi connectivity index (χ1) is 11.6. The number of nitrogens with one attached hydrogen (secondary N) is 2. The van der Waals surface area contributed by atoms with Gasteiger partial charge in [-0.3, -0.25) is 4.99 Å². The zero-order chi connectivity index (χ0) is 17.4. The lowest BCUT2D eigenvalue weighted by Crippen LogP contribution is -2.41. The first-order valence-corrected chi connectivity index (χ1v) is 9.10. The molecule has 0 bridgehead atoms. The number of ether oxygens (including phenoxy) is 1. The van der Waals surface area contributed by atoms with Crippen LogP contribution in [0.5, 0.6) is 5.75 Å². The van der Waals surface area contributed by atoms with Crippen molar-refractivity contribution in [1.82, 2.24) is 15.6 Å². The number of hydrogen-bond donors (Lipinski definition) is 2. The predicted octanol–water partition coefficient (Wildman–Crippen LogP) is 3.76. The second kappa shape index (κ2) is 11.3. The molecule has 0 amide bonds. The van der Waals surface area contributed by atoms with Gasteiger partial charge in [0.2, 0.25) is 0 Å². The van der Waals surface area contributed by atoms with Gasteiger partial charge in [-0.1, -0.05) is 25.1 Å². The highest BCUT2D eigenvalue weighted by molar-refractivity contribution is 14.0. The first-order valence-electron chi connectivity index (χ1n) is 8.22. The van der Waals surface area contributed by atoms with E-state index in [1.807, 2.05) is 38.1 Å². The molecule has 138 valence electrons. The van der Waals surface area contributed by atoms with Crippen molar-refractivity contribution in [3.63, 3.8) is 0 Å². The molecule has 1 unspecified atom stereocenters. The summed E-state index contributed by atoms with van der Waals surface area (Å²) in [6.07, 6.45) is 1.02. The summed E-state index contributed by atoms with van der Waals surface area (Å²) < 4.78 is 5.96. The van der Waals surface area contributed by atoms with Crippen LogP contribution in [-0.2, 0) is 13.0 Å². The van der Waals surface area contributed by atoms with E-state index in [1.165, 1.54) is 0 Å². The molecular formula is C18H27IN4OS. The maximum atomic E-state index is 5.96. The van der Waals surface area contributed by atoms with Crippen LogP contribution in [0.25, 0.3) is 0 Å². The van der Waals surface area contributed by atoms with Crippen molar-refractivity contribution in [2.45, 2.75) is 39.8 Å². The zero-order valence-corrected chi connectivity index (χ0v) is 18.4. The van der Waals surface area contributed by atoms with Crippen molar-refractivity contribution in [2.24, 2.45) is 4.99 Å². The van der Waals surface area contributed by atoms with Gasteiger partial charge in [0.15, 0.2) is 5.96 Å². The molecule has 5 nitrogen and oxygen atoms in total. The van der Waals surface area contributed by atoms with Gasteiger partial charge in [-0.2, -0.15) is 0 Å². The number of nitrogens with zero attached hydrogens (tertiary/aromatic N) is 2. The molecule has 1 aromatic heterocycles. The van der Waals surface area contributed by atoms with Crippen LogP contribution in [0.2, 0.25) is 0 Å². The Bertz CT molecular complexity index is 675. The molecule has 0 spiro atoms. The summed E-state index contributed by atoms with van der Waals surface area (Å²) in [6.45, 7) is 7.55. The minimum absolute atomic E-state index is 0. The Hall–Kier alpha value is -1.35. The Morgan fingerprint density at radius 3 is 2.72 bits per heavy atom. The van der Waals surface area contributed by atoms with Crippen molar-refractivity contribution < 1.29 is 4.74 Å². The molecule has 2 aromatic rings. The summed E-state index contributed by atoms with van der Waals surface area (Å²) in [5.74, 6) is 1.67. The summed E-state index contributed by atoms with van der Waals surface area (Å²) in [6, 6.07) is 8.04. The van der Waals surface area contributed by atoms with E-state index in [4.69, 9.17) is 4.74 Å². The van der Waals surface area contributed by atoms with Gasteiger partial charge in [-0.15, -0.1) is 35.3 Å². The van der Waals surface area contributed by atoms with E-state index in [0.29, 0.717) is 13.1 Å². The van der Waals surface area contributed by atoms with E-state index < -0.39 is 0 Å². The number of aliphatic imine (C=N–C) groups is 1. The predicted molar refractivity (Wildman–Crippen MR) is 116 cm³/mol. The Balaban J connectivity index is 0.00000312. The Labute approximate surface area is 171 Å². The molecule has 25 heavy (non-hydrogen) atoms. The monoisotopic (exact) mass is 474 g/mol. The smallest absolute Gasteiger partial charge is 0.191 e. The van der Waals surface area contributed by atoms with Gasteiger partial charge >= 0.3 is 0 Å². The van der Waals surface area contributed by atoms with Gasteiger partial charge in [-0.05, 0) is 31.9 Å². The molecule has 0 aliphatic heterocycles. The van der Waals surface area contributed by atoms with Crippen LogP contribution in [0.1, 0.15) is 30.1 Å². The number of aryl methyl sites for hydroxylation is 2. The third-order valence-corrected chi connectivity index (χ3v) is 4.58. The standard InChI is InChI=1S/C18H26N4OS.HI/c1-5-17-22-15(12-24-17)11-21-18(19-4)20-10-14(3)23-16-9-7-6-8-13(16)2;/h6-9,12,14H,5,10-11H2,1-4H3,(H2,19,20,21);1H. The number of para-hydroxylation sites is 1. The van der Waals surface area contributed by atoms with E-state index in [1.54, 1.807) is 18.4 Å². The summed E-state index contributed by atoms with van der Waals surface area (Å²) >= 11 is 1.70. The van der Waals surface area contributed by atoms with E-state index in [9.17, 15) is 0 Å². The van der Waals surface area contributed by atoms with Crippen LogP contribution in [0.15, 0.2) is 34.6 Å². The van der Waals surface area contributed by atoms with Crippen LogP contribution in [0.4, 0.5) is 0 Å². The summed E-state index contributed by atoms with van der Waals surface area (Å²) in [5, 5.41) is 9.82. The topological polar surface area (TPSA) is 58.5 Å². The van der Waals surface area contributed by atoms with E-state index in [-0.39, 0.29) is 30.1 Å². The Morgan fingerprint density at radius 1 is 1.32 bits per heavy atom. The maximum absolute atomic E-state index is 5.96. The van der Waals surface area contributed by atoms with Crippen LogP contribution >= 0.6 is 35.3 Å². The van der Waals surface area contributed by atoms with Gasteiger partial charge < -0.3 is 15.4 Å². The average Bonchev–Trinajstić information content (AvgIpc) is 3.05. The van der Waals surface area contributed by atoms with Crippen LogP contribution in [0.3, 0.4) is 0 Å². The lowest BCUT2D eigenvalue weighted by molar-refractivity contribution is 0.222. The largest absolute Gasteiger partial charge is 0.489 e. The molecule has 0 radical (unpaired) electrons. The van der Waals surface area contributed by atoms with Crippen molar-refractivity contribution in [3.05, 3.63) is 45.9 Å². The Kier molecular flexibility index (Phi) is 9.81. The number of halogens is 1. The van der Waals surface area contributed by atoms with Crippen LogP contribution < -0.4 is 15.4 Å². The highest BCUT2D eigenvalue weighted by Crippen LogP contribution is 2.17. The van der Waals surface area contributed by atoms with Gasteiger partial charge in [0.1, 0.15) is 11.9 Å². The molecule has 0 aliphatic carbocycles. The number of hydrogen-bond acceptors (Lipinski definition) is 4. The molecule has 7 heteroatoms. The van der Waals surface area contributed by atoms with Crippen molar-refractivity contribution in [3.8, 4) is 5.75 Å². The second-order valence-electron chi connectivity index (χ2n) is 5.59. The maximum Gasteiger partial charge on any atom is 0.191 e. The molecule has 2 rings (SSSR count). The number of benzene rings is 1. The van der Waals surface area contributed by atoms with E-state index in [2.05, 4.69) is 32.9 Å². The molecule has 0 fully saturated rings. The lowest BCUT2D eigenvalue weighted by atomic mass is 10.2. The van der Waals surface area contributed by atoms with E-state index >= 15 is 0 Å². The van der Waals surface area contributed by atoms with Crippen molar-refractivity contribution in [2.75, 3.05) is 13.6 Å². The zero-order valence-electron chi connectivity index (χ0n) is 15.2. The normalized spacial score (nSPS) is 12.2. The number of thiazole rings is 1. The minimum Gasteiger partial charge on any atom is -0.489 e. The van der Waals surface area contributed by atoms with E-state index in [0.717, 1.165) is 34.4 Å². The Morgan fingerprint density at radius 2 is 2.08 bits per heavy atom. The fourth-order valence-electron chi connectivity index (χ4n) is 2.17. The van der Waals surface area contributed by atoms with Crippen LogP contribution in [-0.4, -0.2) is 30.6 Å². The summed E-state index contributed by atoms with van der Waals surface area (Å²) in [4.78, 5) is 8.79. The quantitative estimate of drug-likeness (QED) is 0.365. The molecule has 1 heterocycles. The third kappa shape index (κ3) is 7.19. The first kappa shape index (κ1) is 21.7. The van der Waals surface area contributed by atoms with Gasteiger partial charge in [0, 0.05) is 12.4 Å². The summed E-state index contributed by atoms with van der Waals surface area (Å²) in [7, 11) is 1.76. The number of rotatable bonds is 7. The highest BCUT2D eigenvalue weighted by Gasteiger charge is 2.08. The van der Waals surface area contributed by atoms with Gasteiger partial charge in [-0.25, -0.2) is 4.98 Å². The molecule has 0 saturated carbocycles. The SMILES string of the molecule is CCc1nc(CNC(=NC)NCC(C)Oc2ccccc2C)cs1.I. The fourth-order valence-corrected chi connectivity index (χ4v) is 2.92. The molecule has 0 aliphatic rings. The molecule has 0 saturated heterocycles. The number of aromatic nitrogens is 1. The second-order valence-corrected chi connectivity index (χ2v) is 6.53. The van der Waals surface area contributed by atoms with Gasteiger partial charge in [0.05, 0.1) is 23.8 Å². The third-order valence-electron chi connectivity index (χ3n) is 3.54. The number of guanidine groups is 1. The average molecular weight is 474 g/mol. The minimum atomic E-state index is 0. The van der Waals surface area contributed by atoms with Crippen molar-refractivity contribution in [1.29, 1.82) is 0 Å². The molecular weight excluding hydrogens is 447 g/mol. The molecule has 1 atom stereocenters. The fraction of sp³-hybridized carbons (Fsp3) is 0.444. The van der Waals surface area contributed by atoms with Crippen molar-refractivity contribution >= 4 is 41.3 Å². The highest BCUT2D eigenvalue weighted by atomic mass is 127. The summed E-state index contributed by atoms with van der Waals surface area (Å²) in [5.41, 5.74) is 2.19. The van der Waals surface area contributed by atoms with Gasteiger partial charge in [0.25, 0.3) is 0 Å². The molecule has 1 aromatic carbocycles. The van der Waals surface area contributed by atoms with Crippen LogP contribution in [0, 0.1) is 6.92 Å².